The van der Waals surface area contributed by atoms with Crippen LogP contribution in [0.2, 0.25) is 0 Å². The number of rotatable bonds is 1. The lowest BCUT2D eigenvalue weighted by Crippen LogP contribution is -2.14. The van der Waals surface area contributed by atoms with Gasteiger partial charge >= 0.3 is 0 Å². The van der Waals surface area contributed by atoms with Crippen molar-refractivity contribution in [1.29, 1.82) is 0 Å². The Morgan fingerprint density at radius 2 is 2.11 bits per heavy atom. The van der Waals surface area contributed by atoms with E-state index >= 15 is 0 Å². The first kappa shape index (κ1) is 11.8. The van der Waals surface area contributed by atoms with Crippen LogP contribution in [0.1, 0.15) is 27.2 Å². The van der Waals surface area contributed by atoms with E-state index in [0.29, 0.717) is 18.0 Å². The van der Waals surface area contributed by atoms with Crippen molar-refractivity contribution in [1.82, 2.24) is 4.57 Å². The molecule has 1 amide bonds. The van der Waals surface area contributed by atoms with E-state index in [-0.39, 0.29) is 5.91 Å². The van der Waals surface area contributed by atoms with Crippen LogP contribution in [0.15, 0.2) is 24.4 Å². The molecule has 0 atom stereocenters. The summed E-state index contributed by atoms with van der Waals surface area (Å²) in [5.74, 6) is 0.537. The van der Waals surface area contributed by atoms with Crippen LogP contribution < -0.4 is 10.1 Å². The number of anilines is 1. The highest BCUT2D eigenvalue weighted by Crippen LogP contribution is 2.31. The van der Waals surface area contributed by atoms with Gasteiger partial charge in [-0.2, -0.15) is 0 Å². The molecular weight excluding hydrogens is 240 g/mol. The number of methoxy groups -OCH3 is 1. The minimum Gasteiger partial charge on any atom is -0.494 e. The third-order valence-corrected chi connectivity index (χ3v) is 3.48. The zero-order valence-corrected chi connectivity index (χ0v) is 11.3. The Balaban J connectivity index is 2.18. The number of aromatic nitrogens is 1. The van der Waals surface area contributed by atoms with Gasteiger partial charge in [-0.3, -0.25) is 4.79 Å². The lowest BCUT2D eigenvalue weighted by molar-refractivity contribution is 0.101. The molecular formula is C15H16N2O2. The Bertz CT molecular complexity index is 671. The lowest BCUT2D eigenvalue weighted by atomic mass is 10.1. The van der Waals surface area contributed by atoms with Gasteiger partial charge in [-0.1, -0.05) is 17.7 Å². The van der Waals surface area contributed by atoms with Crippen LogP contribution in [0.4, 0.5) is 5.69 Å². The Morgan fingerprint density at radius 3 is 2.84 bits per heavy atom. The molecule has 1 aromatic carbocycles. The third-order valence-electron chi connectivity index (χ3n) is 3.48. The number of hydrogen-bond acceptors (Lipinski definition) is 2. The highest BCUT2D eigenvalue weighted by atomic mass is 16.5. The molecule has 0 saturated heterocycles. The number of fused-ring (bicyclic) bond motifs is 2. The summed E-state index contributed by atoms with van der Waals surface area (Å²) < 4.78 is 7.30. The smallest absolute Gasteiger partial charge is 0.276 e. The number of aryl methyl sites for hydroxylation is 2. The van der Waals surface area contributed by atoms with E-state index in [1.165, 1.54) is 5.56 Å². The van der Waals surface area contributed by atoms with Crippen molar-refractivity contribution in [3.8, 4) is 5.75 Å². The lowest BCUT2D eigenvalue weighted by Gasteiger charge is -2.07. The van der Waals surface area contributed by atoms with Crippen LogP contribution in [0.25, 0.3) is 0 Å². The van der Waals surface area contributed by atoms with E-state index in [9.17, 15) is 4.79 Å². The number of amides is 1. The van der Waals surface area contributed by atoms with Crippen LogP contribution in [0.5, 0.6) is 5.75 Å². The number of benzene rings is 1. The molecule has 1 aliphatic rings. The molecule has 0 radical (unpaired) electrons. The van der Waals surface area contributed by atoms with Gasteiger partial charge in [-0.05, 0) is 25.5 Å². The second-order valence-corrected chi connectivity index (χ2v) is 4.94. The zero-order chi connectivity index (χ0) is 13.6. The summed E-state index contributed by atoms with van der Waals surface area (Å²) in [5, 5.41) is 2.95. The van der Waals surface area contributed by atoms with Crippen molar-refractivity contribution in [2.45, 2.75) is 20.4 Å². The van der Waals surface area contributed by atoms with Crippen LogP contribution in [-0.4, -0.2) is 17.6 Å². The average Bonchev–Trinajstić information content (AvgIpc) is 2.61. The van der Waals surface area contributed by atoms with Crippen molar-refractivity contribution in [2.24, 2.45) is 0 Å². The van der Waals surface area contributed by atoms with Gasteiger partial charge in [0.05, 0.1) is 7.11 Å². The van der Waals surface area contributed by atoms with Crippen molar-refractivity contribution in [2.75, 3.05) is 12.4 Å². The van der Waals surface area contributed by atoms with Gasteiger partial charge in [0.2, 0.25) is 0 Å². The molecule has 1 aliphatic heterocycles. The Morgan fingerprint density at radius 1 is 1.32 bits per heavy atom. The maximum Gasteiger partial charge on any atom is 0.276 e. The second-order valence-electron chi connectivity index (χ2n) is 4.94. The Kier molecular flexibility index (Phi) is 2.59. The monoisotopic (exact) mass is 256 g/mol. The maximum atomic E-state index is 12.3. The second kappa shape index (κ2) is 4.16. The van der Waals surface area contributed by atoms with Gasteiger partial charge in [0.15, 0.2) is 11.4 Å². The summed E-state index contributed by atoms with van der Waals surface area (Å²) in [6.07, 6.45) is 1.96. The molecule has 4 nitrogen and oxygen atoms in total. The largest absolute Gasteiger partial charge is 0.494 e. The fourth-order valence-corrected chi connectivity index (χ4v) is 2.63. The number of nitrogens with zero attached hydrogens (tertiary/aromatic N) is 1. The highest BCUT2D eigenvalue weighted by Gasteiger charge is 2.25. The molecule has 2 heterocycles. The quantitative estimate of drug-likeness (QED) is 0.852. The van der Waals surface area contributed by atoms with Crippen molar-refractivity contribution < 1.29 is 9.53 Å². The van der Waals surface area contributed by atoms with Gasteiger partial charge in [-0.25, -0.2) is 0 Å². The van der Waals surface area contributed by atoms with Crippen LogP contribution in [0, 0.1) is 13.8 Å². The van der Waals surface area contributed by atoms with Crippen molar-refractivity contribution >= 4 is 11.6 Å². The fraction of sp³-hybridized carbons (Fsp3) is 0.267. The molecule has 0 saturated carbocycles. The minimum atomic E-state index is -0.118. The van der Waals surface area contributed by atoms with E-state index in [2.05, 4.69) is 18.3 Å². The average molecular weight is 256 g/mol. The molecule has 3 rings (SSSR count). The van der Waals surface area contributed by atoms with E-state index in [0.717, 1.165) is 16.8 Å². The van der Waals surface area contributed by atoms with Crippen molar-refractivity contribution in [3.05, 3.63) is 46.8 Å². The SMILES string of the molecule is COc1c(C)cn2c1C(=O)Nc1ccc(C)cc1C2. The molecule has 1 N–H and O–H groups in total. The zero-order valence-electron chi connectivity index (χ0n) is 11.3. The Labute approximate surface area is 112 Å². The summed E-state index contributed by atoms with van der Waals surface area (Å²) in [6.45, 7) is 4.68. The predicted octanol–water partition coefficient (Wildman–Crippen LogP) is 2.73. The summed E-state index contributed by atoms with van der Waals surface area (Å²) in [5.41, 5.74) is 4.74. The summed E-state index contributed by atoms with van der Waals surface area (Å²) in [6, 6.07) is 6.06. The molecule has 0 spiro atoms. The van der Waals surface area contributed by atoms with E-state index in [1.807, 2.05) is 29.8 Å². The van der Waals surface area contributed by atoms with Crippen molar-refractivity contribution in [3.63, 3.8) is 0 Å². The van der Waals surface area contributed by atoms with Crippen LogP contribution >= 0.6 is 0 Å². The third kappa shape index (κ3) is 1.80. The standard InChI is InChI=1S/C15H16N2O2/c1-9-4-5-12-11(6-9)8-17-7-10(2)14(19-3)13(17)15(18)16-12/h4-7H,8H2,1-3H3,(H,16,18). The number of nitrogens with one attached hydrogen (secondary N) is 1. The van der Waals surface area contributed by atoms with Gasteiger partial charge < -0.3 is 14.6 Å². The van der Waals surface area contributed by atoms with E-state index in [4.69, 9.17) is 4.74 Å². The molecule has 1 aromatic heterocycles. The Hall–Kier alpha value is -2.23. The molecule has 98 valence electrons. The summed E-state index contributed by atoms with van der Waals surface area (Å²) >= 11 is 0. The first-order valence-corrected chi connectivity index (χ1v) is 6.24. The van der Waals surface area contributed by atoms with E-state index in [1.54, 1.807) is 7.11 Å². The fourth-order valence-electron chi connectivity index (χ4n) is 2.63. The number of ether oxygens (including phenoxy) is 1. The summed E-state index contributed by atoms with van der Waals surface area (Å²) in [4.78, 5) is 12.3. The van der Waals surface area contributed by atoms with Gasteiger partial charge in [-0.15, -0.1) is 0 Å². The van der Waals surface area contributed by atoms with E-state index < -0.39 is 0 Å². The van der Waals surface area contributed by atoms with Crippen LogP contribution in [-0.2, 0) is 6.54 Å². The molecule has 0 bridgehead atoms. The van der Waals surface area contributed by atoms with Crippen LogP contribution in [0.3, 0.4) is 0 Å². The molecule has 0 aliphatic carbocycles. The molecule has 2 aromatic rings. The van der Waals surface area contributed by atoms with Gasteiger partial charge in [0, 0.05) is 24.0 Å². The molecule has 19 heavy (non-hydrogen) atoms. The maximum absolute atomic E-state index is 12.3. The normalized spacial score (nSPS) is 13.3. The minimum absolute atomic E-state index is 0.118. The highest BCUT2D eigenvalue weighted by molar-refractivity contribution is 6.06. The first-order chi connectivity index (χ1) is 9.10. The number of carbonyl (C=O) groups excluding carboxylic acids is 1. The predicted molar refractivity (Wildman–Crippen MR) is 74.0 cm³/mol. The van der Waals surface area contributed by atoms with Gasteiger partial charge in [0.1, 0.15) is 0 Å². The number of hydrogen-bond donors (Lipinski definition) is 1. The van der Waals surface area contributed by atoms with Gasteiger partial charge in [0.25, 0.3) is 5.91 Å². The number of carbonyl (C=O) groups is 1. The summed E-state index contributed by atoms with van der Waals surface area (Å²) in [7, 11) is 1.60. The topological polar surface area (TPSA) is 43.3 Å². The molecule has 4 heteroatoms. The molecule has 0 fully saturated rings. The first-order valence-electron chi connectivity index (χ1n) is 6.24. The molecule has 0 unspecified atom stereocenters.